The van der Waals surface area contributed by atoms with Crippen LogP contribution in [-0.2, 0) is 6.54 Å². The Hall–Kier alpha value is -1.45. The predicted molar refractivity (Wildman–Crippen MR) is 76.8 cm³/mol. The molecule has 0 saturated carbocycles. The van der Waals surface area contributed by atoms with E-state index < -0.39 is 0 Å². The van der Waals surface area contributed by atoms with Gasteiger partial charge in [-0.25, -0.2) is 0 Å². The second kappa shape index (κ2) is 5.27. The highest BCUT2D eigenvalue weighted by molar-refractivity contribution is 5.78. The monoisotopic (exact) mass is 256 g/mol. The van der Waals surface area contributed by atoms with Crippen molar-refractivity contribution in [2.45, 2.75) is 26.0 Å². The Morgan fingerprint density at radius 1 is 1.32 bits per heavy atom. The maximum atomic E-state index is 9.64. The lowest BCUT2D eigenvalue weighted by molar-refractivity contribution is 0.127. The Morgan fingerprint density at radius 3 is 2.95 bits per heavy atom. The van der Waals surface area contributed by atoms with Gasteiger partial charge in [-0.2, -0.15) is 0 Å². The van der Waals surface area contributed by atoms with E-state index in [1.807, 2.05) is 19.1 Å². The molecule has 2 atom stereocenters. The smallest absolute Gasteiger partial charge is 0.0705 e. The van der Waals surface area contributed by atoms with E-state index in [0.29, 0.717) is 5.92 Å². The molecule has 2 heterocycles. The van der Waals surface area contributed by atoms with Crippen molar-refractivity contribution in [3.8, 4) is 0 Å². The van der Waals surface area contributed by atoms with E-state index in [0.717, 1.165) is 37.3 Å². The molecule has 3 heteroatoms. The Morgan fingerprint density at radius 2 is 2.16 bits per heavy atom. The molecular weight excluding hydrogens is 236 g/mol. The number of hydrogen-bond donors (Lipinski definition) is 1. The molecule has 1 fully saturated rings. The van der Waals surface area contributed by atoms with E-state index in [1.54, 1.807) is 0 Å². The molecule has 3 rings (SSSR count). The molecule has 100 valence electrons. The maximum Gasteiger partial charge on any atom is 0.0705 e. The van der Waals surface area contributed by atoms with Gasteiger partial charge in [0.15, 0.2) is 0 Å². The topological polar surface area (TPSA) is 36.4 Å². The van der Waals surface area contributed by atoms with Gasteiger partial charge in [-0.1, -0.05) is 24.3 Å². The zero-order chi connectivity index (χ0) is 13.2. The molecule has 1 N–H and O–H groups in total. The van der Waals surface area contributed by atoms with E-state index in [9.17, 15) is 5.11 Å². The number of aromatic nitrogens is 1. The van der Waals surface area contributed by atoms with Gasteiger partial charge in [0.25, 0.3) is 0 Å². The second-order valence-electron chi connectivity index (χ2n) is 5.52. The van der Waals surface area contributed by atoms with E-state index in [-0.39, 0.29) is 6.10 Å². The first-order valence-corrected chi connectivity index (χ1v) is 6.97. The summed E-state index contributed by atoms with van der Waals surface area (Å²) in [6, 6.07) is 12.5. The molecule has 3 nitrogen and oxygen atoms in total. The average Bonchev–Trinajstić information content (AvgIpc) is 2.87. The summed E-state index contributed by atoms with van der Waals surface area (Å²) in [5, 5.41) is 10.8. The molecule has 0 bridgehead atoms. The fraction of sp³-hybridized carbons (Fsp3) is 0.438. The molecule has 0 aliphatic carbocycles. The van der Waals surface area contributed by atoms with E-state index >= 15 is 0 Å². The van der Waals surface area contributed by atoms with Crippen molar-refractivity contribution in [3.05, 3.63) is 42.1 Å². The molecule has 0 spiro atoms. The third-order valence-electron chi connectivity index (χ3n) is 4.03. The number of aliphatic hydroxyl groups is 1. The molecular formula is C16H20N2O. The third kappa shape index (κ3) is 2.77. The van der Waals surface area contributed by atoms with Crippen LogP contribution in [0.5, 0.6) is 0 Å². The van der Waals surface area contributed by atoms with Gasteiger partial charge in [-0.15, -0.1) is 0 Å². The molecule has 1 aliphatic heterocycles. The van der Waals surface area contributed by atoms with Crippen molar-refractivity contribution in [2.75, 3.05) is 13.1 Å². The lowest BCUT2D eigenvalue weighted by atomic mass is 10.0. The van der Waals surface area contributed by atoms with Gasteiger partial charge in [0, 0.05) is 18.5 Å². The van der Waals surface area contributed by atoms with E-state index in [4.69, 9.17) is 4.98 Å². The number of benzene rings is 1. The Labute approximate surface area is 113 Å². The fourth-order valence-electron chi connectivity index (χ4n) is 2.83. The molecule has 1 aromatic heterocycles. The first-order chi connectivity index (χ1) is 9.22. The third-order valence-corrected chi connectivity index (χ3v) is 4.03. The summed E-state index contributed by atoms with van der Waals surface area (Å²) in [5.41, 5.74) is 2.18. The van der Waals surface area contributed by atoms with Crippen LogP contribution in [0.4, 0.5) is 0 Å². The lowest BCUT2D eigenvalue weighted by Gasteiger charge is -2.17. The summed E-state index contributed by atoms with van der Waals surface area (Å²) < 4.78 is 0. The number of nitrogens with zero attached hydrogens (tertiary/aromatic N) is 2. The molecule has 0 radical (unpaired) electrons. The molecule has 2 aromatic rings. The summed E-state index contributed by atoms with van der Waals surface area (Å²) in [7, 11) is 0. The van der Waals surface area contributed by atoms with Gasteiger partial charge >= 0.3 is 0 Å². The molecule has 0 amide bonds. The number of hydrogen-bond acceptors (Lipinski definition) is 3. The summed E-state index contributed by atoms with van der Waals surface area (Å²) in [6.45, 7) is 4.81. The minimum atomic E-state index is -0.199. The summed E-state index contributed by atoms with van der Waals surface area (Å²) in [4.78, 5) is 7.09. The highest BCUT2D eigenvalue weighted by atomic mass is 16.3. The molecule has 1 aromatic carbocycles. The molecule has 1 saturated heterocycles. The summed E-state index contributed by atoms with van der Waals surface area (Å²) in [5.74, 6) is 0.417. The van der Waals surface area contributed by atoms with Crippen LogP contribution < -0.4 is 0 Å². The first kappa shape index (κ1) is 12.6. The number of fused-ring (bicyclic) bond motifs is 1. The SMILES string of the molecule is CC(O)C1CCN(Cc2ccc3ccccc3n2)C1. The van der Waals surface area contributed by atoms with Crippen molar-refractivity contribution in [2.24, 2.45) is 5.92 Å². The number of aliphatic hydroxyl groups excluding tert-OH is 1. The minimum absolute atomic E-state index is 0.199. The van der Waals surface area contributed by atoms with E-state index in [1.165, 1.54) is 5.39 Å². The number of likely N-dealkylation sites (tertiary alicyclic amines) is 1. The van der Waals surface area contributed by atoms with Crippen LogP contribution in [0.15, 0.2) is 36.4 Å². The van der Waals surface area contributed by atoms with Crippen LogP contribution in [-0.4, -0.2) is 34.2 Å². The van der Waals surface area contributed by atoms with Crippen LogP contribution in [0, 0.1) is 5.92 Å². The van der Waals surface area contributed by atoms with Crippen LogP contribution in [0.2, 0.25) is 0 Å². The Bertz CT molecular complexity index is 567. The zero-order valence-corrected chi connectivity index (χ0v) is 11.3. The van der Waals surface area contributed by atoms with Crippen molar-refractivity contribution in [1.82, 2.24) is 9.88 Å². The van der Waals surface area contributed by atoms with Gasteiger partial charge in [-0.05, 0) is 37.9 Å². The van der Waals surface area contributed by atoms with Gasteiger partial charge in [0.05, 0.1) is 17.3 Å². The predicted octanol–water partition coefficient (Wildman–Crippen LogP) is 2.44. The van der Waals surface area contributed by atoms with Crippen molar-refractivity contribution in [1.29, 1.82) is 0 Å². The van der Waals surface area contributed by atoms with Crippen LogP contribution in [0.1, 0.15) is 19.0 Å². The van der Waals surface area contributed by atoms with Gasteiger partial charge < -0.3 is 5.11 Å². The van der Waals surface area contributed by atoms with Gasteiger partial charge in [0.1, 0.15) is 0 Å². The number of pyridine rings is 1. The van der Waals surface area contributed by atoms with Crippen molar-refractivity contribution in [3.63, 3.8) is 0 Å². The fourth-order valence-corrected chi connectivity index (χ4v) is 2.83. The molecule has 19 heavy (non-hydrogen) atoms. The average molecular weight is 256 g/mol. The van der Waals surface area contributed by atoms with Crippen LogP contribution in [0.25, 0.3) is 10.9 Å². The van der Waals surface area contributed by atoms with Crippen LogP contribution in [0.3, 0.4) is 0 Å². The van der Waals surface area contributed by atoms with Crippen molar-refractivity contribution < 1.29 is 5.11 Å². The van der Waals surface area contributed by atoms with E-state index in [2.05, 4.69) is 29.2 Å². The highest BCUT2D eigenvalue weighted by Crippen LogP contribution is 2.21. The lowest BCUT2D eigenvalue weighted by Crippen LogP contribution is -2.24. The quantitative estimate of drug-likeness (QED) is 0.916. The largest absolute Gasteiger partial charge is 0.393 e. The zero-order valence-electron chi connectivity index (χ0n) is 11.3. The van der Waals surface area contributed by atoms with Gasteiger partial charge in [0.2, 0.25) is 0 Å². The van der Waals surface area contributed by atoms with Gasteiger partial charge in [-0.3, -0.25) is 9.88 Å². The summed E-state index contributed by atoms with van der Waals surface area (Å²) >= 11 is 0. The Kier molecular flexibility index (Phi) is 3.49. The van der Waals surface area contributed by atoms with Crippen LogP contribution >= 0.6 is 0 Å². The molecule has 2 unspecified atom stereocenters. The maximum absolute atomic E-state index is 9.64. The number of para-hydroxylation sites is 1. The first-order valence-electron chi connectivity index (χ1n) is 6.97. The normalized spacial score (nSPS) is 21.9. The number of rotatable bonds is 3. The molecule has 1 aliphatic rings. The standard InChI is InChI=1S/C16H20N2O/c1-12(19)14-8-9-18(10-14)11-15-7-6-13-4-2-3-5-16(13)17-15/h2-7,12,14,19H,8-11H2,1H3. The Balaban J connectivity index is 1.72. The highest BCUT2D eigenvalue weighted by Gasteiger charge is 2.25. The minimum Gasteiger partial charge on any atom is -0.393 e. The van der Waals surface area contributed by atoms with Crippen molar-refractivity contribution >= 4 is 10.9 Å². The summed E-state index contributed by atoms with van der Waals surface area (Å²) in [6.07, 6.45) is 0.889. The second-order valence-corrected chi connectivity index (χ2v) is 5.52.